The third-order valence-electron chi connectivity index (χ3n) is 3.15. The first-order valence-corrected chi connectivity index (χ1v) is 6.85. The maximum Gasteiger partial charge on any atom is 0.433 e. The summed E-state index contributed by atoms with van der Waals surface area (Å²) in [5, 5.41) is 2.73. The van der Waals surface area contributed by atoms with E-state index >= 15 is 0 Å². The SMILES string of the molecule is CCCCC(CN)NC(=O)c1ccc(C(F)(F)F)nc1C. The third-order valence-corrected chi connectivity index (χ3v) is 3.15. The van der Waals surface area contributed by atoms with Gasteiger partial charge in [-0.15, -0.1) is 0 Å². The lowest BCUT2D eigenvalue weighted by Crippen LogP contribution is -2.40. The molecule has 118 valence electrons. The normalized spacial score (nSPS) is 13.0. The van der Waals surface area contributed by atoms with Crippen molar-refractivity contribution in [3.8, 4) is 0 Å². The van der Waals surface area contributed by atoms with Gasteiger partial charge in [0.05, 0.1) is 11.3 Å². The minimum absolute atomic E-state index is 0.0496. The highest BCUT2D eigenvalue weighted by molar-refractivity contribution is 5.95. The summed E-state index contributed by atoms with van der Waals surface area (Å²) in [5.41, 5.74) is 4.76. The third kappa shape index (κ3) is 5.00. The molecule has 0 aliphatic carbocycles. The number of amides is 1. The van der Waals surface area contributed by atoms with Gasteiger partial charge < -0.3 is 11.1 Å². The van der Waals surface area contributed by atoms with Gasteiger partial charge in [0.1, 0.15) is 5.69 Å². The van der Waals surface area contributed by atoms with Crippen LogP contribution in [0.5, 0.6) is 0 Å². The standard InChI is InChI=1S/C14H20F3N3O/c1-3-4-5-10(8-18)20-13(21)11-6-7-12(14(15,16)17)19-9(11)2/h6-7,10H,3-5,8,18H2,1-2H3,(H,20,21). The fraction of sp³-hybridized carbons (Fsp3) is 0.571. The molecule has 3 N–H and O–H groups in total. The first kappa shape index (κ1) is 17.4. The van der Waals surface area contributed by atoms with E-state index in [4.69, 9.17) is 5.73 Å². The number of alkyl halides is 3. The van der Waals surface area contributed by atoms with E-state index in [1.165, 1.54) is 6.92 Å². The zero-order valence-electron chi connectivity index (χ0n) is 12.1. The van der Waals surface area contributed by atoms with E-state index in [0.717, 1.165) is 31.4 Å². The van der Waals surface area contributed by atoms with Crippen molar-refractivity contribution in [1.29, 1.82) is 0 Å². The van der Waals surface area contributed by atoms with Gasteiger partial charge in [0.25, 0.3) is 5.91 Å². The molecule has 7 heteroatoms. The number of hydrogen-bond acceptors (Lipinski definition) is 3. The Kier molecular flexibility index (Phi) is 6.14. The Labute approximate surface area is 121 Å². The lowest BCUT2D eigenvalue weighted by Gasteiger charge is -2.17. The van der Waals surface area contributed by atoms with Crippen LogP contribution in [0.15, 0.2) is 12.1 Å². The molecule has 1 rings (SSSR count). The Morgan fingerprint density at radius 3 is 2.57 bits per heavy atom. The smallest absolute Gasteiger partial charge is 0.348 e. The van der Waals surface area contributed by atoms with E-state index in [1.54, 1.807) is 0 Å². The Bertz CT molecular complexity index is 489. The molecule has 0 radical (unpaired) electrons. The van der Waals surface area contributed by atoms with Gasteiger partial charge in [-0.3, -0.25) is 4.79 Å². The molecule has 0 saturated heterocycles. The first-order valence-electron chi connectivity index (χ1n) is 6.85. The molecule has 0 aliphatic rings. The van der Waals surface area contributed by atoms with E-state index in [9.17, 15) is 18.0 Å². The summed E-state index contributed by atoms with van der Waals surface area (Å²) < 4.78 is 37.6. The van der Waals surface area contributed by atoms with E-state index < -0.39 is 17.8 Å². The summed E-state index contributed by atoms with van der Waals surface area (Å²) >= 11 is 0. The monoisotopic (exact) mass is 303 g/mol. The van der Waals surface area contributed by atoms with Crippen molar-refractivity contribution >= 4 is 5.91 Å². The Morgan fingerprint density at radius 1 is 1.43 bits per heavy atom. The molecule has 0 saturated carbocycles. The molecule has 0 aliphatic heterocycles. The van der Waals surface area contributed by atoms with Crippen molar-refractivity contribution < 1.29 is 18.0 Å². The quantitative estimate of drug-likeness (QED) is 0.849. The summed E-state index contributed by atoms with van der Waals surface area (Å²) in [5.74, 6) is -0.444. The van der Waals surface area contributed by atoms with Gasteiger partial charge in [-0.05, 0) is 25.5 Å². The molecule has 1 aromatic heterocycles. The highest BCUT2D eigenvalue weighted by atomic mass is 19.4. The second kappa shape index (κ2) is 7.40. The van der Waals surface area contributed by atoms with Gasteiger partial charge in [0, 0.05) is 12.6 Å². The predicted molar refractivity (Wildman–Crippen MR) is 73.8 cm³/mol. The molecule has 0 fully saturated rings. The summed E-state index contributed by atoms with van der Waals surface area (Å²) in [7, 11) is 0. The Hall–Kier alpha value is -1.63. The number of aryl methyl sites for hydroxylation is 1. The second-order valence-electron chi connectivity index (χ2n) is 4.88. The van der Waals surface area contributed by atoms with E-state index in [-0.39, 0.29) is 17.3 Å². The molecular weight excluding hydrogens is 283 g/mol. The number of unbranched alkanes of at least 4 members (excludes halogenated alkanes) is 1. The van der Waals surface area contributed by atoms with Crippen molar-refractivity contribution in [3.05, 3.63) is 29.1 Å². The molecule has 1 unspecified atom stereocenters. The zero-order valence-corrected chi connectivity index (χ0v) is 12.1. The largest absolute Gasteiger partial charge is 0.433 e. The number of hydrogen-bond donors (Lipinski definition) is 2. The molecule has 1 atom stereocenters. The average molecular weight is 303 g/mol. The van der Waals surface area contributed by atoms with E-state index in [2.05, 4.69) is 10.3 Å². The van der Waals surface area contributed by atoms with Crippen LogP contribution in [0.4, 0.5) is 13.2 Å². The van der Waals surface area contributed by atoms with Gasteiger partial charge >= 0.3 is 6.18 Å². The number of pyridine rings is 1. The van der Waals surface area contributed by atoms with Gasteiger partial charge in [0.15, 0.2) is 0 Å². The summed E-state index contributed by atoms with van der Waals surface area (Å²) in [6.45, 7) is 3.70. The fourth-order valence-corrected chi connectivity index (χ4v) is 1.92. The average Bonchev–Trinajstić information content (AvgIpc) is 2.41. The predicted octanol–water partition coefficient (Wildman–Crippen LogP) is 2.66. The van der Waals surface area contributed by atoms with Gasteiger partial charge in [-0.1, -0.05) is 19.8 Å². The topological polar surface area (TPSA) is 68.0 Å². The van der Waals surface area contributed by atoms with Crippen LogP contribution in [0.2, 0.25) is 0 Å². The lowest BCUT2D eigenvalue weighted by molar-refractivity contribution is -0.141. The molecule has 1 aromatic rings. The number of rotatable bonds is 6. The summed E-state index contributed by atoms with van der Waals surface area (Å²) in [4.78, 5) is 15.5. The van der Waals surface area contributed by atoms with Crippen molar-refractivity contribution in [3.63, 3.8) is 0 Å². The number of aromatic nitrogens is 1. The minimum Gasteiger partial charge on any atom is -0.348 e. The lowest BCUT2D eigenvalue weighted by atomic mass is 10.1. The van der Waals surface area contributed by atoms with Crippen LogP contribution in [0.25, 0.3) is 0 Å². The van der Waals surface area contributed by atoms with E-state index in [1.807, 2.05) is 6.92 Å². The molecule has 4 nitrogen and oxygen atoms in total. The second-order valence-corrected chi connectivity index (χ2v) is 4.88. The van der Waals surface area contributed by atoms with Crippen LogP contribution in [0.1, 0.15) is 47.9 Å². The van der Waals surface area contributed by atoms with Crippen molar-refractivity contribution in [2.24, 2.45) is 5.73 Å². The molecular formula is C14H20F3N3O. The highest BCUT2D eigenvalue weighted by Crippen LogP contribution is 2.28. The number of nitrogens with zero attached hydrogens (tertiary/aromatic N) is 1. The van der Waals surface area contributed by atoms with Crippen LogP contribution < -0.4 is 11.1 Å². The molecule has 1 heterocycles. The minimum atomic E-state index is -4.51. The van der Waals surface area contributed by atoms with Crippen LogP contribution >= 0.6 is 0 Å². The Balaban J connectivity index is 2.83. The van der Waals surface area contributed by atoms with Crippen molar-refractivity contribution in [2.45, 2.75) is 45.3 Å². The summed E-state index contributed by atoms with van der Waals surface area (Å²) in [6.07, 6.45) is -1.87. The number of nitrogens with two attached hydrogens (primary N) is 1. The van der Waals surface area contributed by atoms with Gasteiger partial charge in [0.2, 0.25) is 0 Å². The maximum atomic E-state index is 12.5. The summed E-state index contributed by atoms with van der Waals surface area (Å²) in [6, 6.07) is 1.78. The van der Waals surface area contributed by atoms with Crippen molar-refractivity contribution in [1.82, 2.24) is 10.3 Å². The number of carbonyl (C=O) groups excluding carboxylic acids is 1. The molecule has 0 bridgehead atoms. The molecule has 0 spiro atoms. The van der Waals surface area contributed by atoms with Crippen LogP contribution in [-0.2, 0) is 6.18 Å². The maximum absolute atomic E-state index is 12.5. The van der Waals surface area contributed by atoms with Gasteiger partial charge in [-0.25, -0.2) is 4.98 Å². The fourth-order valence-electron chi connectivity index (χ4n) is 1.92. The molecule has 0 aromatic carbocycles. The molecule has 21 heavy (non-hydrogen) atoms. The number of carbonyl (C=O) groups is 1. The van der Waals surface area contributed by atoms with E-state index in [0.29, 0.717) is 6.54 Å². The highest BCUT2D eigenvalue weighted by Gasteiger charge is 2.33. The first-order chi connectivity index (χ1) is 9.79. The number of nitrogens with one attached hydrogen (secondary N) is 1. The van der Waals surface area contributed by atoms with Crippen LogP contribution in [0, 0.1) is 6.92 Å². The van der Waals surface area contributed by atoms with Gasteiger partial charge in [-0.2, -0.15) is 13.2 Å². The molecule has 1 amide bonds. The Morgan fingerprint density at radius 2 is 2.10 bits per heavy atom. The zero-order chi connectivity index (χ0) is 16.0. The van der Waals surface area contributed by atoms with Crippen LogP contribution in [0.3, 0.4) is 0 Å². The van der Waals surface area contributed by atoms with Crippen LogP contribution in [-0.4, -0.2) is 23.5 Å². The van der Waals surface area contributed by atoms with Crippen molar-refractivity contribution in [2.75, 3.05) is 6.54 Å². The number of halogens is 3.